The van der Waals surface area contributed by atoms with Crippen molar-refractivity contribution in [3.05, 3.63) is 89.6 Å². The van der Waals surface area contributed by atoms with E-state index >= 15 is 0 Å². The molecule has 2 aliphatic rings. The van der Waals surface area contributed by atoms with Gasteiger partial charge in [-0.2, -0.15) is 17.5 Å². The summed E-state index contributed by atoms with van der Waals surface area (Å²) in [6, 6.07) is 15.6. The number of nitrogens with two attached hydrogens (primary N) is 1. The molecule has 0 aliphatic carbocycles. The minimum Gasteiger partial charge on any atom is -0.505 e. The zero-order valence-electron chi connectivity index (χ0n) is 32.3. The highest BCUT2D eigenvalue weighted by Crippen LogP contribution is 2.35. The van der Waals surface area contributed by atoms with Crippen molar-refractivity contribution in [3.8, 4) is 11.5 Å². The molecule has 308 valence electrons. The number of aromatic nitrogens is 6. The number of aryl methyl sites for hydroxylation is 1. The zero-order chi connectivity index (χ0) is 41.3. The second kappa shape index (κ2) is 18.8. The van der Waals surface area contributed by atoms with Gasteiger partial charge in [0, 0.05) is 64.8 Å². The smallest absolute Gasteiger partial charge is 0.257 e. The number of hydrogen-bond donors (Lipinski definition) is 7. The first-order valence-electron chi connectivity index (χ1n) is 18.9. The highest BCUT2D eigenvalue weighted by atomic mass is 32.1. The molecular formula is C38H44N14O5S2. The van der Waals surface area contributed by atoms with Crippen LogP contribution in [0.4, 0.5) is 40.6 Å². The van der Waals surface area contributed by atoms with Gasteiger partial charge in [-0.1, -0.05) is 19.1 Å². The quantitative estimate of drug-likeness (QED) is 0.0864. The van der Waals surface area contributed by atoms with Crippen molar-refractivity contribution in [2.24, 2.45) is 0 Å². The summed E-state index contributed by atoms with van der Waals surface area (Å²) in [6.45, 7) is 8.95. The lowest BCUT2D eigenvalue weighted by molar-refractivity contribution is 0.0728. The summed E-state index contributed by atoms with van der Waals surface area (Å²) in [5.41, 5.74) is 6.95. The molecule has 6 aromatic rings. The second-order valence-corrected chi connectivity index (χ2v) is 14.6. The molecule has 59 heavy (non-hydrogen) atoms. The van der Waals surface area contributed by atoms with Crippen molar-refractivity contribution in [1.82, 2.24) is 42.6 Å². The molecule has 6 heterocycles. The van der Waals surface area contributed by atoms with E-state index < -0.39 is 0 Å². The Hall–Kier alpha value is -6.58. The summed E-state index contributed by atoms with van der Waals surface area (Å²) >= 11 is 2.02. The Morgan fingerprint density at radius 3 is 1.93 bits per heavy atom. The first-order valence-corrected chi connectivity index (χ1v) is 20.4. The Bertz CT molecular complexity index is 2340. The average molecular weight is 841 g/mol. The third-order valence-electron chi connectivity index (χ3n) is 9.67. The van der Waals surface area contributed by atoms with Crippen LogP contribution in [0.2, 0.25) is 0 Å². The Labute approximate surface area is 348 Å². The Morgan fingerprint density at radius 1 is 0.780 bits per heavy atom. The fraction of sp³-hybridized carbons (Fsp3) is 0.316. The Kier molecular flexibility index (Phi) is 12.9. The van der Waals surface area contributed by atoms with Gasteiger partial charge in [-0.05, 0) is 55.8 Å². The van der Waals surface area contributed by atoms with Gasteiger partial charge in [-0.3, -0.25) is 9.59 Å². The number of piperazine rings is 2. The van der Waals surface area contributed by atoms with Gasteiger partial charge >= 0.3 is 0 Å². The molecule has 0 spiro atoms. The number of carbonyl (C=O) groups excluding carboxylic acids is 2. The number of nitrogens with zero attached hydrogens (tertiary/aromatic N) is 9. The number of para-hydroxylation sites is 2. The van der Waals surface area contributed by atoms with E-state index in [1.807, 2.05) is 24.0 Å². The first kappa shape index (κ1) is 40.6. The van der Waals surface area contributed by atoms with E-state index in [1.165, 1.54) is 0 Å². The summed E-state index contributed by atoms with van der Waals surface area (Å²) in [6.07, 6.45) is 4.19. The number of aromatic hydroxyl groups is 2. The van der Waals surface area contributed by atoms with Crippen LogP contribution in [0, 0.1) is 6.92 Å². The van der Waals surface area contributed by atoms with Crippen LogP contribution in [0.1, 0.15) is 51.6 Å². The topological polar surface area (TPSA) is 249 Å². The molecule has 8 N–H and O–H groups in total. The van der Waals surface area contributed by atoms with Crippen molar-refractivity contribution in [2.75, 3.05) is 78.9 Å². The number of rotatable bonds is 11. The SMILES string of the molecule is CC[C@@H](Nc1nsnc1Nc1cccc(C(=O)N2CCNCC2)c1O)c1ccc(C)o1.Nc1nsnc1Nc1cccc(C(=O)N2CCN(c3ncccn3)CC2)c1O. The first-order chi connectivity index (χ1) is 28.7. The van der Waals surface area contributed by atoms with Gasteiger partial charge in [0.05, 0.1) is 52.0 Å². The molecule has 19 nitrogen and oxygen atoms in total. The molecule has 0 unspecified atom stereocenters. The highest BCUT2D eigenvalue weighted by molar-refractivity contribution is 7.00. The maximum atomic E-state index is 12.9. The fourth-order valence-corrected chi connectivity index (χ4v) is 7.40. The van der Waals surface area contributed by atoms with Gasteiger partial charge in [0.1, 0.15) is 11.5 Å². The maximum absolute atomic E-state index is 12.9. The highest BCUT2D eigenvalue weighted by Gasteiger charge is 2.27. The van der Waals surface area contributed by atoms with Crippen molar-refractivity contribution in [1.29, 1.82) is 0 Å². The predicted molar refractivity (Wildman–Crippen MR) is 226 cm³/mol. The molecule has 0 saturated carbocycles. The lowest BCUT2D eigenvalue weighted by Crippen LogP contribution is -2.49. The van der Waals surface area contributed by atoms with Crippen molar-refractivity contribution in [3.63, 3.8) is 0 Å². The number of phenols is 2. The van der Waals surface area contributed by atoms with E-state index in [-0.39, 0.29) is 46.3 Å². The lowest BCUT2D eigenvalue weighted by Gasteiger charge is -2.34. The Morgan fingerprint density at radius 2 is 1.36 bits per heavy atom. The van der Waals surface area contributed by atoms with Crippen LogP contribution >= 0.6 is 23.5 Å². The molecule has 21 heteroatoms. The molecule has 2 aromatic carbocycles. The van der Waals surface area contributed by atoms with Gasteiger partial charge in [0.2, 0.25) is 5.95 Å². The van der Waals surface area contributed by atoms with E-state index in [4.69, 9.17) is 10.2 Å². The van der Waals surface area contributed by atoms with Crippen LogP contribution < -0.4 is 31.9 Å². The lowest BCUT2D eigenvalue weighted by atomic mass is 10.1. The largest absolute Gasteiger partial charge is 0.505 e. The van der Waals surface area contributed by atoms with Crippen LogP contribution in [-0.4, -0.2) is 112 Å². The van der Waals surface area contributed by atoms with Gasteiger partial charge in [-0.15, -0.1) is 0 Å². The van der Waals surface area contributed by atoms with Crippen molar-refractivity contribution >= 4 is 75.9 Å². The second-order valence-electron chi connectivity index (χ2n) is 13.5. The van der Waals surface area contributed by atoms with Crippen LogP contribution in [0.15, 0.2) is 71.4 Å². The summed E-state index contributed by atoms with van der Waals surface area (Å²) < 4.78 is 22.3. The molecule has 2 saturated heterocycles. The van der Waals surface area contributed by atoms with Crippen LogP contribution in [-0.2, 0) is 0 Å². The molecule has 2 aliphatic heterocycles. The molecule has 0 bridgehead atoms. The Balaban J connectivity index is 0.000000180. The molecule has 1 atom stereocenters. The number of carbonyl (C=O) groups is 2. The van der Waals surface area contributed by atoms with Crippen molar-refractivity contribution < 1.29 is 24.2 Å². The summed E-state index contributed by atoms with van der Waals surface area (Å²) in [5.74, 6) is 3.28. The zero-order valence-corrected chi connectivity index (χ0v) is 34.0. The van der Waals surface area contributed by atoms with E-state index in [1.54, 1.807) is 64.7 Å². The van der Waals surface area contributed by atoms with E-state index in [0.717, 1.165) is 54.5 Å². The van der Waals surface area contributed by atoms with Gasteiger partial charge in [0.15, 0.2) is 34.8 Å². The van der Waals surface area contributed by atoms with Gasteiger partial charge < -0.3 is 56.3 Å². The number of nitrogen functional groups attached to an aromatic ring is 1. The molecule has 2 amide bonds. The number of amides is 2. The summed E-state index contributed by atoms with van der Waals surface area (Å²) in [7, 11) is 0. The minimum atomic E-state index is -0.237. The minimum absolute atomic E-state index is 0.0626. The van der Waals surface area contributed by atoms with Gasteiger partial charge in [-0.25, -0.2) is 9.97 Å². The fourth-order valence-electron chi connectivity index (χ4n) is 6.49. The number of anilines is 7. The normalized spacial score (nSPS) is 14.6. The molecular weight excluding hydrogens is 797 g/mol. The molecule has 2 fully saturated rings. The maximum Gasteiger partial charge on any atom is 0.257 e. The van der Waals surface area contributed by atoms with Crippen molar-refractivity contribution in [2.45, 2.75) is 26.3 Å². The third-order valence-corrected chi connectivity index (χ3v) is 10.7. The van der Waals surface area contributed by atoms with Gasteiger partial charge in [0.25, 0.3) is 11.8 Å². The number of benzene rings is 2. The number of hydrogen-bond acceptors (Lipinski definition) is 19. The third kappa shape index (κ3) is 9.59. The summed E-state index contributed by atoms with van der Waals surface area (Å²) in [4.78, 5) is 39.7. The van der Waals surface area contributed by atoms with Crippen LogP contribution in [0.3, 0.4) is 0 Å². The standard InChI is InChI=1S/C21H26N6O3S.C17H18N8O2S/c1-3-15(17-8-7-13(2)30-17)23-19-20(26-31-25-19)24-16-6-4-5-14(18(16)28)21(29)27-11-9-22-10-12-27;18-14-15(23-28-22-14)21-12-4-1-3-11(13(12)26)16(27)24-7-9-25(10-8-24)17-19-5-2-6-20-17/h4-8,15,22,28H,3,9-12H2,1-2H3,(H,23,25)(H,24,26);1-6,26H,7-10H2,(H2,18,22)(H,21,23)/t15-;/m1./s1. The van der Waals surface area contributed by atoms with E-state index in [9.17, 15) is 19.8 Å². The van der Waals surface area contributed by atoms with E-state index in [2.05, 4.69) is 55.7 Å². The monoisotopic (exact) mass is 840 g/mol. The summed E-state index contributed by atoms with van der Waals surface area (Å²) in [5, 5.41) is 34.0. The predicted octanol–water partition coefficient (Wildman–Crippen LogP) is 4.82. The number of furan rings is 1. The molecule has 0 radical (unpaired) electrons. The van der Waals surface area contributed by atoms with E-state index in [0.29, 0.717) is 74.0 Å². The number of phenolic OH excluding ortho intramolecular Hbond substituents is 2. The number of nitrogens with one attached hydrogen (secondary N) is 4. The molecule has 4 aromatic heterocycles. The van der Waals surface area contributed by atoms with Crippen LogP contribution in [0.5, 0.6) is 11.5 Å². The average Bonchev–Trinajstić information content (AvgIpc) is 4.03. The van der Waals surface area contributed by atoms with Crippen LogP contribution in [0.25, 0.3) is 0 Å². The molecule has 8 rings (SSSR count).